The van der Waals surface area contributed by atoms with E-state index >= 15 is 0 Å². The Morgan fingerprint density at radius 3 is 2.84 bits per heavy atom. The van der Waals surface area contributed by atoms with Crippen LogP contribution in [0, 0.1) is 11.7 Å². The van der Waals surface area contributed by atoms with Crippen molar-refractivity contribution in [3.05, 3.63) is 34.1 Å². The molecule has 0 saturated heterocycles. The molecule has 0 amide bonds. The average molecular weight is 329 g/mol. The predicted molar refractivity (Wildman–Crippen MR) is 80.4 cm³/mol. The molecule has 2 rings (SSSR count). The molecule has 1 aromatic carbocycles. The van der Waals surface area contributed by atoms with Crippen molar-refractivity contribution in [1.82, 2.24) is 4.90 Å². The Kier molecular flexibility index (Phi) is 5.37. The molecule has 2 atom stereocenters. The van der Waals surface area contributed by atoms with Gasteiger partial charge in [-0.1, -0.05) is 19.4 Å². The second-order valence-electron chi connectivity index (χ2n) is 5.31. The van der Waals surface area contributed by atoms with Crippen LogP contribution < -0.4 is 5.73 Å². The lowest BCUT2D eigenvalue weighted by atomic mass is 10.0. The monoisotopic (exact) mass is 328 g/mol. The first-order chi connectivity index (χ1) is 9.15. The van der Waals surface area contributed by atoms with Gasteiger partial charge in [0.15, 0.2) is 0 Å². The van der Waals surface area contributed by atoms with Crippen molar-refractivity contribution < 1.29 is 4.39 Å². The minimum absolute atomic E-state index is 0.185. The fraction of sp³-hybridized carbons (Fsp3) is 0.600. The highest BCUT2D eigenvalue weighted by Crippen LogP contribution is 2.30. The van der Waals surface area contributed by atoms with Crippen LogP contribution in [0.2, 0.25) is 0 Å². The van der Waals surface area contributed by atoms with Crippen molar-refractivity contribution in [2.75, 3.05) is 13.1 Å². The quantitative estimate of drug-likeness (QED) is 0.895. The Bertz CT molecular complexity index is 425. The molecule has 2 nitrogen and oxygen atoms in total. The second kappa shape index (κ2) is 6.82. The zero-order valence-corrected chi connectivity index (χ0v) is 13.0. The minimum atomic E-state index is -0.185. The molecule has 0 heterocycles. The Morgan fingerprint density at radius 2 is 2.21 bits per heavy atom. The number of halogens is 2. The molecule has 4 heteroatoms. The van der Waals surface area contributed by atoms with E-state index in [1.54, 1.807) is 12.1 Å². The number of hydrogen-bond acceptors (Lipinski definition) is 2. The van der Waals surface area contributed by atoms with Gasteiger partial charge in [0, 0.05) is 12.6 Å². The summed E-state index contributed by atoms with van der Waals surface area (Å²) in [5.74, 6) is 0.413. The van der Waals surface area contributed by atoms with Gasteiger partial charge in [0.1, 0.15) is 5.82 Å². The number of nitrogens with zero attached hydrogens (tertiary/aromatic N) is 1. The normalized spacial score (nSPS) is 23.2. The largest absolute Gasteiger partial charge is 0.330 e. The Hall–Kier alpha value is -0.450. The van der Waals surface area contributed by atoms with Crippen LogP contribution in [0.1, 0.15) is 31.7 Å². The molecule has 0 bridgehead atoms. The van der Waals surface area contributed by atoms with Gasteiger partial charge in [0.05, 0.1) is 4.47 Å². The number of benzene rings is 1. The van der Waals surface area contributed by atoms with Gasteiger partial charge in [-0.2, -0.15) is 0 Å². The molecular weight excluding hydrogens is 307 g/mol. The van der Waals surface area contributed by atoms with Gasteiger partial charge in [-0.3, -0.25) is 4.90 Å². The fourth-order valence-corrected chi connectivity index (χ4v) is 3.36. The Morgan fingerprint density at radius 1 is 1.42 bits per heavy atom. The maximum atomic E-state index is 13.6. The molecule has 19 heavy (non-hydrogen) atoms. The van der Waals surface area contributed by atoms with Crippen LogP contribution in [0.4, 0.5) is 4.39 Å². The third-order valence-corrected chi connectivity index (χ3v) is 4.81. The SMILES string of the molecule is CCN(Cc1ccc(Br)c(F)c1)C1CCCC1CN. The summed E-state index contributed by atoms with van der Waals surface area (Å²) >= 11 is 3.19. The molecule has 1 aliphatic rings. The van der Waals surface area contributed by atoms with Crippen LogP contribution in [0.5, 0.6) is 0 Å². The van der Waals surface area contributed by atoms with Crippen LogP contribution in [0.25, 0.3) is 0 Å². The molecule has 1 aromatic rings. The van der Waals surface area contributed by atoms with E-state index in [-0.39, 0.29) is 5.82 Å². The Labute approximate surface area is 123 Å². The standard InChI is InChI=1S/C15H22BrFN2/c1-2-19(15-5-3-4-12(15)9-18)10-11-6-7-13(16)14(17)8-11/h6-8,12,15H,2-5,9-10,18H2,1H3. The van der Waals surface area contributed by atoms with E-state index in [1.807, 2.05) is 6.07 Å². The predicted octanol–water partition coefficient (Wildman–Crippen LogP) is 3.54. The van der Waals surface area contributed by atoms with Gasteiger partial charge in [-0.15, -0.1) is 0 Å². The van der Waals surface area contributed by atoms with Gasteiger partial charge < -0.3 is 5.73 Å². The summed E-state index contributed by atoms with van der Waals surface area (Å²) in [5.41, 5.74) is 6.89. The first kappa shape index (κ1) is 14.9. The van der Waals surface area contributed by atoms with Crippen molar-refractivity contribution in [3.63, 3.8) is 0 Å². The smallest absolute Gasteiger partial charge is 0.137 e. The molecule has 1 aliphatic carbocycles. The van der Waals surface area contributed by atoms with E-state index in [4.69, 9.17) is 5.73 Å². The van der Waals surface area contributed by atoms with Crippen molar-refractivity contribution in [3.8, 4) is 0 Å². The molecule has 0 aliphatic heterocycles. The fourth-order valence-electron chi connectivity index (χ4n) is 3.11. The first-order valence-corrected chi connectivity index (χ1v) is 7.83. The molecule has 1 fully saturated rings. The number of hydrogen-bond donors (Lipinski definition) is 1. The zero-order chi connectivity index (χ0) is 13.8. The van der Waals surface area contributed by atoms with E-state index in [0.29, 0.717) is 16.4 Å². The lowest BCUT2D eigenvalue weighted by Gasteiger charge is -2.31. The highest BCUT2D eigenvalue weighted by Gasteiger charge is 2.30. The maximum absolute atomic E-state index is 13.6. The van der Waals surface area contributed by atoms with E-state index in [2.05, 4.69) is 27.8 Å². The van der Waals surface area contributed by atoms with E-state index in [9.17, 15) is 4.39 Å². The van der Waals surface area contributed by atoms with Crippen LogP contribution >= 0.6 is 15.9 Å². The second-order valence-corrected chi connectivity index (χ2v) is 6.16. The van der Waals surface area contributed by atoms with E-state index in [0.717, 1.165) is 25.2 Å². The third-order valence-electron chi connectivity index (χ3n) is 4.17. The molecule has 106 valence electrons. The first-order valence-electron chi connectivity index (χ1n) is 7.03. The lowest BCUT2D eigenvalue weighted by molar-refractivity contribution is 0.162. The van der Waals surface area contributed by atoms with E-state index < -0.39 is 0 Å². The van der Waals surface area contributed by atoms with Gasteiger partial charge >= 0.3 is 0 Å². The summed E-state index contributed by atoms with van der Waals surface area (Å²) in [5, 5.41) is 0. The summed E-state index contributed by atoms with van der Waals surface area (Å²) in [7, 11) is 0. The van der Waals surface area contributed by atoms with E-state index in [1.165, 1.54) is 19.3 Å². The number of rotatable bonds is 5. The highest BCUT2D eigenvalue weighted by atomic mass is 79.9. The molecule has 2 N–H and O–H groups in total. The van der Waals surface area contributed by atoms with Crippen molar-refractivity contribution >= 4 is 15.9 Å². The summed E-state index contributed by atoms with van der Waals surface area (Å²) in [4.78, 5) is 2.44. The van der Waals surface area contributed by atoms with Crippen LogP contribution in [-0.2, 0) is 6.54 Å². The van der Waals surface area contributed by atoms with Crippen LogP contribution in [0.15, 0.2) is 22.7 Å². The topological polar surface area (TPSA) is 29.3 Å². The molecule has 0 radical (unpaired) electrons. The maximum Gasteiger partial charge on any atom is 0.137 e. The van der Waals surface area contributed by atoms with Gasteiger partial charge in [-0.25, -0.2) is 4.39 Å². The minimum Gasteiger partial charge on any atom is -0.330 e. The van der Waals surface area contributed by atoms with Crippen molar-refractivity contribution in [2.24, 2.45) is 11.7 Å². The van der Waals surface area contributed by atoms with Crippen LogP contribution in [-0.4, -0.2) is 24.0 Å². The summed E-state index contributed by atoms with van der Waals surface area (Å²) in [6.45, 7) is 4.72. The average Bonchev–Trinajstić information content (AvgIpc) is 2.88. The van der Waals surface area contributed by atoms with Crippen molar-refractivity contribution in [2.45, 2.75) is 38.8 Å². The summed E-state index contributed by atoms with van der Waals surface area (Å²) in [6.07, 6.45) is 3.71. The zero-order valence-electron chi connectivity index (χ0n) is 11.4. The molecule has 2 unspecified atom stereocenters. The lowest BCUT2D eigenvalue weighted by Crippen LogP contribution is -2.39. The van der Waals surface area contributed by atoms with Gasteiger partial charge in [0.25, 0.3) is 0 Å². The van der Waals surface area contributed by atoms with Crippen LogP contribution in [0.3, 0.4) is 0 Å². The van der Waals surface area contributed by atoms with Gasteiger partial charge in [-0.05, 0) is 65.5 Å². The highest BCUT2D eigenvalue weighted by molar-refractivity contribution is 9.10. The molecule has 1 saturated carbocycles. The summed E-state index contributed by atoms with van der Waals surface area (Å²) in [6, 6.07) is 5.95. The molecule has 0 spiro atoms. The van der Waals surface area contributed by atoms with Gasteiger partial charge in [0.2, 0.25) is 0 Å². The van der Waals surface area contributed by atoms with Crippen molar-refractivity contribution in [1.29, 1.82) is 0 Å². The molecular formula is C15H22BrFN2. The Balaban J connectivity index is 2.08. The molecule has 0 aromatic heterocycles. The third kappa shape index (κ3) is 3.56. The number of nitrogens with two attached hydrogens (primary N) is 1. The summed E-state index contributed by atoms with van der Waals surface area (Å²) < 4.78 is 14.1.